The van der Waals surface area contributed by atoms with Crippen LogP contribution in [-0.2, 0) is 16.4 Å². The van der Waals surface area contributed by atoms with E-state index in [0.717, 1.165) is 67.4 Å². The Labute approximate surface area is 301 Å². The normalized spacial score (nSPS) is 16.4. The van der Waals surface area contributed by atoms with Crippen LogP contribution in [0.2, 0.25) is 0 Å². The maximum absolute atomic E-state index is 14.7. The van der Waals surface area contributed by atoms with Gasteiger partial charge in [-0.15, -0.1) is 0 Å². The Hall–Kier alpha value is -5.00. The van der Waals surface area contributed by atoms with Gasteiger partial charge in [-0.05, 0) is 77.9 Å². The Morgan fingerprint density at radius 3 is 2.24 bits per heavy atom. The molecule has 5 aromatic carbocycles. The van der Waals surface area contributed by atoms with Crippen molar-refractivity contribution in [2.24, 2.45) is 0 Å². The first-order valence-electron chi connectivity index (χ1n) is 18.6. The van der Waals surface area contributed by atoms with E-state index in [4.69, 9.17) is 0 Å². The van der Waals surface area contributed by atoms with E-state index in [2.05, 4.69) is 120 Å². The van der Waals surface area contributed by atoms with Gasteiger partial charge in [0, 0.05) is 46.7 Å². The van der Waals surface area contributed by atoms with Crippen molar-refractivity contribution >= 4 is 59.8 Å². The van der Waals surface area contributed by atoms with E-state index in [1.54, 1.807) is 12.1 Å². The third kappa shape index (κ3) is 5.88. The van der Waals surface area contributed by atoms with Crippen molar-refractivity contribution in [1.82, 2.24) is 4.57 Å². The molecule has 2 aliphatic rings. The van der Waals surface area contributed by atoms with Crippen LogP contribution >= 0.6 is 0 Å². The van der Waals surface area contributed by atoms with E-state index in [1.807, 2.05) is 18.2 Å². The van der Waals surface area contributed by atoms with Gasteiger partial charge in [0.05, 0.1) is 20.8 Å². The zero-order chi connectivity index (χ0) is 35.0. The van der Waals surface area contributed by atoms with Gasteiger partial charge in [0.1, 0.15) is 6.54 Å². The van der Waals surface area contributed by atoms with E-state index < -0.39 is 9.84 Å². The van der Waals surface area contributed by atoms with E-state index in [-0.39, 0.29) is 0 Å². The standard InChI is InChI=1S/C46H45N2O2S/c1-3-5-31-47-40(38-23-11-15-33-17-13-25-42(47)44(33)38)29-27-35-19-10-20-36(46(35)51(49,50)37-21-8-7-9-22-37)28-30-41-39-24-12-16-34-18-14-26-43(45(34)39)48(41)32-6-4-2/h7-9,11-18,21-30H,3-6,10,19-20,31-32H2,1-2H3/q+1. The molecule has 0 spiro atoms. The van der Waals surface area contributed by atoms with E-state index in [9.17, 15) is 8.42 Å². The number of benzene rings is 5. The molecule has 0 amide bonds. The van der Waals surface area contributed by atoms with Gasteiger partial charge >= 0.3 is 0 Å². The number of nitrogens with zero attached hydrogens (tertiary/aromatic N) is 2. The van der Waals surface area contributed by atoms with Gasteiger partial charge in [-0.1, -0.05) is 112 Å². The lowest BCUT2D eigenvalue weighted by molar-refractivity contribution is -0.436. The van der Waals surface area contributed by atoms with E-state index in [0.29, 0.717) is 22.6 Å². The predicted molar refractivity (Wildman–Crippen MR) is 214 cm³/mol. The lowest BCUT2D eigenvalue weighted by Crippen LogP contribution is -2.17. The maximum atomic E-state index is 14.7. The summed E-state index contributed by atoms with van der Waals surface area (Å²) < 4.78 is 34.2. The minimum atomic E-state index is -3.80. The van der Waals surface area contributed by atoms with Crippen LogP contribution in [0, 0.1) is 0 Å². The molecule has 256 valence electrons. The van der Waals surface area contributed by atoms with Gasteiger partial charge in [-0.25, -0.2) is 8.42 Å². The molecule has 0 N–H and O–H groups in total. The molecule has 5 heteroatoms. The fourth-order valence-electron chi connectivity index (χ4n) is 8.19. The highest BCUT2D eigenvalue weighted by molar-refractivity contribution is 7.95. The smallest absolute Gasteiger partial charge is 0.214 e. The van der Waals surface area contributed by atoms with Crippen molar-refractivity contribution in [3.05, 3.63) is 148 Å². The van der Waals surface area contributed by atoms with Gasteiger partial charge in [0.25, 0.3) is 0 Å². The second-order valence-corrected chi connectivity index (χ2v) is 15.7. The molecule has 4 nitrogen and oxygen atoms in total. The van der Waals surface area contributed by atoms with Crippen LogP contribution in [0.4, 0.5) is 5.69 Å². The molecular formula is C46H45N2O2S+. The first-order chi connectivity index (χ1) is 25.0. The van der Waals surface area contributed by atoms with Crippen molar-refractivity contribution in [2.45, 2.75) is 70.2 Å². The average Bonchev–Trinajstić information content (AvgIpc) is 3.64. The summed E-state index contributed by atoms with van der Waals surface area (Å²) in [6.07, 6.45) is 15.2. The van der Waals surface area contributed by atoms with Crippen LogP contribution in [0.15, 0.2) is 142 Å². The molecule has 1 aromatic heterocycles. The maximum Gasteiger partial charge on any atom is 0.214 e. The Bertz CT molecular complexity index is 2570. The summed E-state index contributed by atoms with van der Waals surface area (Å²) in [7, 11) is -3.80. The summed E-state index contributed by atoms with van der Waals surface area (Å²) in [5, 5.41) is 7.36. The highest BCUT2D eigenvalue weighted by Crippen LogP contribution is 2.39. The Morgan fingerprint density at radius 2 is 1.45 bits per heavy atom. The summed E-state index contributed by atoms with van der Waals surface area (Å²) in [6.45, 7) is 6.29. The number of sulfone groups is 1. The zero-order valence-electron chi connectivity index (χ0n) is 29.6. The molecule has 0 atom stereocenters. The first kappa shape index (κ1) is 33.2. The second-order valence-electron chi connectivity index (χ2n) is 13.9. The predicted octanol–water partition coefficient (Wildman–Crippen LogP) is 10.6. The number of hydrogen-bond acceptors (Lipinski definition) is 2. The fraction of sp³-hybridized carbons (Fsp3) is 0.239. The first-order valence-corrected chi connectivity index (χ1v) is 20.1. The molecule has 6 aromatic rings. The van der Waals surface area contributed by atoms with Crippen molar-refractivity contribution in [3.63, 3.8) is 0 Å². The third-order valence-corrected chi connectivity index (χ3v) is 12.6. The molecule has 51 heavy (non-hydrogen) atoms. The third-order valence-electron chi connectivity index (χ3n) is 10.6. The van der Waals surface area contributed by atoms with Crippen molar-refractivity contribution in [3.8, 4) is 0 Å². The lowest BCUT2D eigenvalue weighted by atomic mass is 9.93. The van der Waals surface area contributed by atoms with Crippen LogP contribution in [0.5, 0.6) is 0 Å². The number of unbranched alkanes of at least 4 members (excludes halogenated alkanes) is 2. The van der Waals surface area contributed by atoms with Crippen LogP contribution in [0.1, 0.15) is 64.4 Å². The molecule has 2 heterocycles. The fourth-order valence-corrected chi connectivity index (χ4v) is 9.97. The summed E-state index contributed by atoms with van der Waals surface area (Å²) in [6, 6.07) is 35.1. The van der Waals surface area contributed by atoms with Crippen LogP contribution in [0.3, 0.4) is 0 Å². The minimum Gasteiger partial charge on any atom is -0.340 e. The van der Waals surface area contributed by atoms with Gasteiger partial charge in [0.2, 0.25) is 21.2 Å². The monoisotopic (exact) mass is 689 g/mol. The Balaban J connectivity index is 1.32. The zero-order valence-corrected chi connectivity index (χ0v) is 30.4. The number of aromatic nitrogens is 1. The largest absolute Gasteiger partial charge is 0.340 e. The minimum absolute atomic E-state index is 0.337. The van der Waals surface area contributed by atoms with Gasteiger partial charge in [0.15, 0.2) is 0 Å². The van der Waals surface area contributed by atoms with Gasteiger partial charge < -0.3 is 4.57 Å². The topological polar surface area (TPSA) is 42.1 Å². The lowest BCUT2D eigenvalue weighted by Gasteiger charge is -2.22. The highest BCUT2D eigenvalue weighted by Gasteiger charge is 2.32. The molecule has 0 unspecified atom stereocenters. The van der Waals surface area contributed by atoms with Crippen molar-refractivity contribution in [1.29, 1.82) is 0 Å². The number of hydrogen-bond donors (Lipinski definition) is 0. The quantitative estimate of drug-likeness (QED) is 0.127. The SMILES string of the molecule is CCCCn1c(=CC=C2CCCC(C=CC3=[N+](CCCC)c4cccc5cccc3c45)=C2S(=O)(=O)c2ccccc2)c2cccc3cccc1c32. The van der Waals surface area contributed by atoms with Crippen molar-refractivity contribution in [2.75, 3.05) is 6.54 Å². The van der Waals surface area contributed by atoms with E-state index in [1.165, 1.54) is 43.7 Å². The van der Waals surface area contributed by atoms with Crippen molar-refractivity contribution < 1.29 is 13.0 Å². The second kappa shape index (κ2) is 14.0. The molecule has 0 fully saturated rings. The summed E-state index contributed by atoms with van der Waals surface area (Å²) >= 11 is 0. The molecule has 0 bridgehead atoms. The number of aryl methyl sites for hydroxylation is 1. The molecule has 8 rings (SSSR count). The average molecular weight is 690 g/mol. The van der Waals surface area contributed by atoms with Gasteiger partial charge in [-0.3, -0.25) is 0 Å². The molecular weight excluding hydrogens is 645 g/mol. The Morgan fingerprint density at radius 1 is 0.725 bits per heavy atom. The van der Waals surface area contributed by atoms with Crippen LogP contribution in [-0.4, -0.2) is 29.8 Å². The number of rotatable bonds is 11. The molecule has 0 radical (unpaired) electrons. The van der Waals surface area contributed by atoms with Crippen LogP contribution in [0.25, 0.3) is 38.5 Å². The molecule has 1 aliphatic carbocycles. The van der Waals surface area contributed by atoms with Crippen LogP contribution < -0.4 is 5.35 Å². The summed E-state index contributed by atoms with van der Waals surface area (Å²) in [5.74, 6) is 0. The molecule has 0 saturated carbocycles. The molecule has 0 saturated heterocycles. The molecule has 1 aliphatic heterocycles. The summed E-state index contributed by atoms with van der Waals surface area (Å²) in [5.41, 5.74) is 6.57. The number of allylic oxidation sites excluding steroid dienone is 5. The van der Waals surface area contributed by atoms with E-state index >= 15 is 0 Å². The Kier molecular flexibility index (Phi) is 9.08. The van der Waals surface area contributed by atoms with Gasteiger partial charge in [-0.2, -0.15) is 4.58 Å². The highest BCUT2D eigenvalue weighted by atomic mass is 32.2. The summed E-state index contributed by atoms with van der Waals surface area (Å²) in [4.78, 5) is 0.792.